The lowest BCUT2D eigenvalue weighted by molar-refractivity contribution is 0.512. The Balaban J connectivity index is 0. The first-order chi connectivity index (χ1) is 10.2. The topological polar surface area (TPSA) is 0 Å². The highest BCUT2D eigenvalue weighted by atomic mass is 32.2. The van der Waals surface area contributed by atoms with Gasteiger partial charge in [0.15, 0.2) is 0 Å². The Morgan fingerprint density at radius 2 is 1.62 bits per heavy atom. The number of thioether (sulfide) groups is 1. The van der Waals surface area contributed by atoms with E-state index in [0.717, 1.165) is 18.1 Å². The fraction of sp³-hybridized carbons (Fsp3) is 0.800. The fourth-order valence-corrected chi connectivity index (χ4v) is 3.01. The van der Waals surface area contributed by atoms with E-state index in [2.05, 4.69) is 32.8 Å². The zero-order valence-corrected chi connectivity index (χ0v) is 16.0. The summed E-state index contributed by atoms with van der Waals surface area (Å²) in [5, 5.41) is 0. The van der Waals surface area contributed by atoms with Crippen molar-refractivity contribution in [1.29, 1.82) is 0 Å². The summed E-state index contributed by atoms with van der Waals surface area (Å²) in [5.74, 6) is 4.73. The second-order valence-corrected chi connectivity index (χ2v) is 6.96. The van der Waals surface area contributed by atoms with Crippen LogP contribution in [0.4, 0.5) is 0 Å². The van der Waals surface area contributed by atoms with Crippen LogP contribution >= 0.6 is 11.8 Å². The molecule has 0 aromatic carbocycles. The van der Waals surface area contributed by atoms with Crippen LogP contribution in [0.2, 0.25) is 0 Å². The molecule has 0 bridgehead atoms. The largest absolute Gasteiger partial charge is 0.131 e. The van der Waals surface area contributed by atoms with Crippen molar-refractivity contribution in [2.45, 2.75) is 92.4 Å². The van der Waals surface area contributed by atoms with Crippen LogP contribution in [0.5, 0.6) is 0 Å². The van der Waals surface area contributed by atoms with E-state index in [1.54, 1.807) is 0 Å². The molecule has 0 heterocycles. The third-order valence-corrected chi connectivity index (χ3v) is 4.26. The van der Waals surface area contributed by atoms with E-state index in [1.165, 1.54) is 56.3 Å². The zero-order valence-electron chi connectivity index (χ0n) is 15.2. The molecule has 0 aliphatic rings. The summed E-state index contributed by atoms with van der Waals surface area (Å²) in [6, 6.07) is 0. The number of rotatable bonds is 12. The van der Waals surface area contributed by atoms with Gasteiger partial charge in [-0.1, -0.05) is 79.2 Å². The minimum absolute atomic E-state index is 0.789. The van der Waals surface area contributed by atoms with Crippen molar-refractivity contribution in [3.63, 3.8) is 0 Å². The van der Waals surface area contributed by atoms with Gasteiger partial charge in [-0.2, -0.15) is 0 Å². The molecule has 0 atom stereocenters. The molecule has 0 rings (SSSR count). The van der Waals surface area contributed by atoms with Gasteiger partial charge in [-0.3, -0.25) is 0 Å². The van der Waals surface area contributed by atoms with E-state index in [4.69, 9.17) is 6.42 Å². The average molecular weight is 311 g/mol. The second-order valence-electron chi connectivity index (χ2n) is 5.57. The lowest BCUT2D eigenvalue weighted by Crippen LogP contribution is -1.87. The smallest absolute Gasteiger partial charge is 0.0277 e. The molecule has 0 aliphatic carbocycles. The van der Waals surface area contributed by atoms with Crippen molar-refractivity contribution in [3.8, 4) is 12.3 Å². The normalized spacial score (nSPS) is 11.0. The maximum absolute atomic E-state index is 5.31. The number of allylic oxidation sites excluding steroid dienone is 2. The minimum Gasteiger partial charge on any atom is -0.131 e. The first-order valence-corrected chi connectivity index (χ1v) is 9.94. The van der Waals surface area contributed by atoms with Crippen molar-refractivity contribution in [2.75, 3.05) is 5.75 Å². The van der Waals surface area contributed by atoms with Crippen LogP contribution in [-0.2, 0) is 0 Å². The van der Waals surface area contributed by atoms with Crippen LogP contribution < -0.4 is 0 Å². The summed E-state index contributed by atoms with van der Waals surface area (Å²) in [4.78, 5) is 1.50. The Morgan fingerprint density at radius 1 is 1.05 bits per heavy atom. The number of hydrogen-bond acceptors (Lipinski definition) is 1. The van der Waals surface area contributed by atoms with Crippen LogP contribution in [0.3, 0.4) is 0 Å². The van der Waals surface area contributed by atoms with Crippen LogP contribution in [0.1, 0.15) is 92.4 Å². The van der Waals surface area contributed by atoms with E-state index < -0.39 is 0 Å². The molecule has 21 heavy (non-hydrogen) atoms. The Morgan fingerprint density at radius 3 is 2.14 bits per heavy atom. The summed E-state index contributed by atoms with van der Waals surface area (Å²) in [7, 11) is 0. The van der Waals surface area contributed by atoms with Crippen molar-refractivity contribution < 1.29 is 0 Å². The third kappa shape index (κ3) is 19.6. The SMILES string of the molecule is C#CC/C=C(/CCCCCCCCC(C)C)SCC.CC. The molecule has 124 valence electrons. The van der Waals surface area contributed by atoms with Crippen LogP contribution in [-0.4, -0.2) is 5.75 Å². The summed E-state index contributed by atoms with van der Waals surface area (Å²) in [6.45, 7) is 10.8. The molecule has 0 fully saturated rings. The lowest BCUT2D eigenvalue weighted by Gasteiger charge is -2.06. The fourth-order valence-electron chi connectivity index (χ4n) is 2.15. The molecule has 0 saturated carbocycles. The lowest BCUT2D eigenvalue weighted by atomic mass is 10.0. The minimum atomic E-state index is 0.789. The highest BCUT2D eigenvalue weighted by Gasteiger charge is 1.98. The van der Waals surface area contributed by atoms with Crippen molar-refractivity contribution in [3.05, 3.63) is 11.0 Å². The first kappa shape index (κ1) is 22.9. The van der Waals surface area contributed by atoms with E-state index >= 15 is 0 Å². The molecule has 0 amide bonds. The molecule has 0 aromatic heterocycles. The summed E-state index contributed by atoms with van der Waals surface area (Å²) in [6.07, 6.45) is 19.3. The Bertz CT molecular complexity index is 258. The Labute approximate surface area is 139 Å². The molecule has 0 nitrogen and oxygen atoms in total. The summed E-state index contributed by atoms with van der Waals surface area (Å²) in [5.41, 5.74) is 0. The Kier molecular flexibility index (Phi) is 21.5. The molecule has 0 aliphatic heterocycles. The molecule has 0 unspecified atom stereocenters. The van der Waals surface area contributed by atoms with Gasteiger partial charge in [0.05, 0.1) is 0 Å². The average Bonchev–Trinajstić information content (AvgIpc) is 2.49. The molecular weight excluding hydrogens is 272 g/mol. The van der Waals surface area contributed by atoms with E-state index in [1.807, 2.05) is 25.6 Å². The third-order valence-electron chi connectivity index (χ3n) is 3.23. The van der Waals surface area contributed by atoms with Gasteiger partial charge in [-0.25, -0.2) is 0 Å². The number of unbranched alkanes of at least 4 members (excludes halogenated alkanes) is 5. The molecule has 0 aromatic rings. The van der Waals surface area contributed by atoms with E-state index in [-0.39, 0.29) is 0 Å². The van der Waals surface area contributed by atoms with Crippen molar-refractivity contribution >= 4 is 11.8 Å². The maximum atomic E-state index is 5.31. The standard InChI is InChI=1S/C18H32S.C2H6/c1-5-7-15-18(19-6-2)16-13-11-9-8-10-12-14-17(3)4;1-2/h1,15,17H,6-14,16H2,2-4H3;1-2H3/b18-15-;. The molecule has 1 heteroatoms. The predicted octanol–water partition coefficient (Wildman–Crippen LogP) is 7.45. The molecule has 0 saturated heterocycles. The maximum Gasteiger partial charge on any atom is 0.0277 e. The monoisotopic (exact) mass is 310 g/mol. The van der Waals surface area contributed by atoms with Gasteiger partial charge in [0.25, 0.3) is 0 Å². The predicted molar refractivity (Wildman–Crippen MR) is 103 cm³/mol. The first-order valence-electron chi connectivity index (χ1n) is 8.96. The quantitative estimate of drug-likeness (QED) is 0.266. The van der Waals surface area contributed by atoms with Gasteiger partial charge >= 0.3 is 0 Å². The summed E-state index contributed by atoms with van der Waals surface area (Å²) >= 11 is 1.96. The number of hydrogen-bond donors (Lipinski definition) is 0. The highest BCUT2D eigenvalue weighted by molar-refractivity contribution is 8.03. The Hall–Kier alpha value is -0.350. The molecule has 0 radical (unpaired) electrons. The van der Waals surface area contributed by atoms with Crippen LogP contribution in [0.15, 0.2) is 11.0 Å². The van der Waals surface area contributed by atoms with Gasteiger partial charge in [0.1, 0.15) is 0 Å². The summed E-state index contributed by atoms with van der Waals surface area (Å²) < 4.78 is 0. The molecule has 0 spiro atoms. The highest BCUT2D eigenvalue weighted by Crippen LogP contribution is 2.23. The van der Waals surface area contributed by atoms with Crippen molar-refractivity contribution in [2.24, 2.45) is 5.92 Å². The van der Waals surface area contributed by atoms with Gasteiger partial charge < -0.3 is 0 Å². The van der Waals surface area contributed by atoms with Gasteiger partial charge in [-0.05, 0) is 29.4 Å². The van der Waals surface area contributed by atoms with Gasteiger partial charge in [0.2, 0.25) is 0 Å². The molecule has 0 N–H and O–H groups in total. The molecular formula is C20H38S. The van der Waals surface area contributed by atoms with Crippen molar-refractivity contribution in [1.82, 2.24) is 0 Å². The zero-order chi connectivity index (χ0) is 16.3. The van der Waals surface area contributed by atoms with Gasteiger partial charge in [-0.15, -0.1) is 24.1 Å². The number of terminal acetylenes is 1. The van der Waals surface area contributed by atoms with E-state index in [9.17, 15) is 0 Å². The van der Waals surface area contributed by atoms with Crippen LogP contribution in [0, 0.1) is 18.3 Å². The second kappa shape index (κ2) is 19.7. The van der Waals surface area contributed by atoms with Gasteiger partial charge in [0, 0.05) is 6.42 Å². The van der Waals surface area contributed by atoms with E-state index in [0.29, 0.717) is 0 Å². The van der Waals surface area contributed by atoms with Crippen LogP contribution in [0.25, 0.3) is 0 Å².